The number of aromatic nitrogens is 2. The van der Waals surface area contributed by atoms with E-state index >= 15 is 0 Å². The lowest BCUT2D eigenvalue weighted by Crippen LogP contribution is -2.23. The fourth-order valence-corrected chi connectivity index (χ4v) is 2.13. The summed E-state index contributed by atoms with van der Waals surface area (Å²) in [6.45, 7) is 0.777. The van der Waals surface area contributed by atoms with Crippen LogP contribution < -0.4 is 16.0 Å². The van der Waals surface area contributed by atoms with E-state index in [0.717, 1.165) is 0 Å². The average Bonchev–Trinajstić information content (AvgIpc) is 2.52. The summed E-state index contributed by atoms with van der Waals surface area (Å²) in [5, 5.41) is 0.610. The first kappa shape index (κ1) is 13.2. The van der Waals surface area contributed by atoms with E-state index in [1.807, 2.05) is 30.3 Å². The van der Waals surface area contributed by atoms with Crippen LogP contribution in [0.5, 0.6) is 5.75 Å². The van der Waals surface area contributed by atoms with Crippen molar-refractivity contribution < 1.29 is 4.74 Å². The topological polar surface area (TPSA) is 70.1 Å². The molecule has 0 radical (unpaired) electrons. The van der Waals surface area contributed by atoms with Gasteiger partial charge in [0, 0.05) is 0 Å². The Morgan fingerprint density at radius 3 is 2.71 bits per heavy atom. The first-order valence-corrected chi connectivity index (χ1v) is 6.67. The monoisotopic (exact) mass is 281 g/mol. The van der Waals surface area contributed by atoms with Gasteiger partial charge in [0.05, 0.1) is 29.5 Å². The Morgan fingerprint density at radius 2 is 1.86 bits per heavy atom. The third kappa shape index (κ3) is 2.72. The van der Waals surface area contributed by atoms with Crippen molar-refractivity contribution >= 4 is 16.6 Å². The fourth-order valence-electron chi connectivity index (χ4n) is 2.13. The number of rotatable bonds is 4. The minimum atomic E-state index is -0.0646. The number of ether oxygens (including phenoxy) is 1. The van der Waals surface area contributed by atoms with Crippen LogP contribution in [0.2, 0.25) is 0 Å². The van der Waals surface area contributed by atoms with Crippen molar-refractivity contribution in [1.29, 1.82) is 0 Å². The maximum absolute atomic E-state index is 12.3. The van der Waals surface area contributed by atoms with Crippen molar-refractivity contribution in [3.8, 4) is 5.75 Å². The van der Waals surface area contributed by atoms with Gasteiger partial charge in [0.15, 0.2) is 0 Å². The summed E-state index contributed by atoms with van der Waals surface area (Å²) in [6.07, 6.45) is 1.54. The van der Waals surface area contributed by atoms with Gasteiger partial charge in [0.25, 0.3) is 5.56 Å². The predicted molar refractivity (Wildman–Crippen MR) is 82.4 cm³/mol. The van der Waals surface area contributed by atoms with Crippen molar-refractivity contribution in [3.63, 3.8) is 0 Å². The van der Waals surface area contributed by atoms with Crippen LogP contribution in [0.4, 0.5) is 5.69 Å². The van der Waals surface area contributed by atoms with E-state index in [-0.39, 0.29) is 5.56 Å². The summed E-state index contributed by atoms with van der Waals surface area (Å²) < 4.78 is 7.14. The lowest BCUT2D eigenvalue weighted by molar-refractivity contribution is 0.297. The van der Waals surface area contributed by atoms with Crippen LogP contribution in [0.25, 0.3) is 10.9 Å². The van der Waals surface area contributed by atoms with Gasteiger partial charge < -0.3 is 10.5 Å². The molecule has 0 aliphatic rings. The lowest BCUT2D eigenvalue weighted by atomic mass is 10.2. The van der Waals surface area contributed by atoms with E-state index in [1.165, 1.54) is 0 Å². The smallest absolute Gasteiger partial charge is 0.261 e. The Balaban J connectivity index is 1.76. The molecule has 0 saturated carbocycles. The molecule has 3 rings (SSSR count). The lowest BCUT2D eigenvalue weighted by Gasteiger charge is -2.10. The molecule has 106 valence electrons. The van der Waals surface area contributed by atoms with Gasteiger partial charge in [-0.05, 0) is 24.3 Å². The van der Waals surface area contributed by atoms with Crippen LogP contribution in [-0.4, -0.2) is 16.2 Å². The van der Waals surface area contributed by atoms with E-state index in [2.05, 4.69) is 4.98 Å². The third-order valence-corrected chi connectivity index (χ3v) is 3.24. The SMILES string of the molecule is Nc1ccccc1OCCn1cnc2ccccc2c1=O. The van der Waals surface area contributed by atoms with E-state index < -0.39 is 0 Å². The molecular weight excluding hydrogens is 266 g/mol. The maximum Gasteiger partial charge on any atom is 0.261 e. The zero-order valence-electron chi connectivity index (χ0n) is 11.4. The molecule has 0 fully saturated rings. The molecule has 2 N–H and O–H groups in total. The number of nitrogens with zero attached hydrogens (tertiary/aromatic N) is 2. The molecule has 0 unspecified atom stereocenters. The molecule has 0 aliphatic heterocycles. The summed E-state index contributed by atoms with van der Waals surface area (Å²) in [7, 11) is 0. The number of anilines is 1. The highest BCUT2D eigenvalue weighted by molar-refractivity contribution is 5.76. The zero-order chi connectivity index (χ0) is 14.7. The molecule has 21 heavy (non-hydrogen) atoms. The molecule has 0 aliphatic carbocycles. The first-order valence-electron chi connectivity index (χ1n) is 6.67. The van der Waals surface area contributed by atoms with Crippen LogP contribution in [-0.2, 0) is 6.54 Å². The molecule has 0 amide bonds. The summed E-state index contributed by atoms with van der Waals surface area (Å²) in [5.74, 6) is 0.624. The molecule has 1 aromatic heterocycles. The second kappa shape index (κ2) is 5.66. The van der Waals surface area contributed by atoms with Crippen LogP contribution >= 0.6 is 0 Å². The van der Waals surface area contributed by atoms with Crippen LogP contribution in [0.15, 0.2) is 59.7 Å². The van der Waals surface area contributed by atoms with Gasteiger partial charge in [0.1, 0.15) is 12.4 Å². The van der Waals surface area contributed by atoms with Crippen LogP contribution in [0.1, 0.15) is 0 Å². The molecule has 5 heteroatoms. The van der Waals surface area contributed by atoms with Crippen LogP contribution in [0, 0.1) is 0 Å². The number of hydrogen-bond acceptors (Lipinski definition) is 4. The van der Waals surface area contributed by atoms with Gasteiger partial charge in [-0.1, -0.05) is 24.3 Å². The minimum absolute atomic E-state index is 0.0646. The second-order valence-corrected chi connectivity index (χ2v) is 4.65. The molecule has 5 nitrogen and oxygen atoms in total. The van der Waals surface area contributed by atoms with Gasteiger partial charge in [-0.15, -0.1) is 0 Å². The number of fused-ring (bicyclic) bond motifs is 1. The normalized spacial score (nSPS) is 10.7. The minimum Gasteiger partial charge on any atom is -0.490 e. The van der Waals surface area contributed by atoms with Crippen LogP contribution in [0.3, 0.4) is 0 Å². The second-order valence-electron chi connectivity index (χ2n) is 4.65. The van der Waals surface area contributed by atoms with E-state index in [9.17, 15) is 4.79 Å². The molecular formula is C16H15N3O2. The van der Waals surface area contributed by atoms with Crippen molar-refractivity contribution in [2.75, 3.05) is 12.3 Å². The number of para-hydroxylation sites is 3. The highest BCUT2D eigenvalue weighted by atomic mass is 16.5. The Morgan fingerprint density at radius 1 is 1.10 bits per heavy atom. The highest BCUT2D eigenvalue weighted by Gasteiger charge is 2.04. The van der Waals surface area contributed by atoms with Crippen molar-refractivity contribution in [2.24, 2.45) is 0 Å². The van der Waals surface area contributed by atoms with Gasteiger partial charge >= 0.3 is 0 Å². The number of hydrogen-bond donors (Lipinski definition) is 1. The van der Waals surface area contributed by atoms with E-state index in [4.69, 9.17) is 10.5 Å². The molecule has 1 heterocycles. The van der Waals surface area contributed by atoms with Crippen molar-refractivity contribution in [1.82, 2.24) is 9.55 Å². The Labute approximate surface area is 121 Å². The summed E-state index contributed by atoms with van der Waals surface area (Å²) in [5.41, 5.74) is 7.02. The van der Waals surface area contributed by atoms with E-state index in [1.54, 1.807) is 29.1 Å². The number of nitrogens with two attached hydrogens (primary N) is 1. The largest absolute Gasteiger partial charge is 0.490 e. The molecule has 0 atom stereocenters. The van der Waals surface area contributed by atoms with E-state index in [0.29, 0.717) is 35.5 Å². The quantitative estimate of drug-likeness (QED) is 0.743. The average molecular weight is 281 g/mol. The molecule has 3 aromatic rings. The Bertz CT molecular complexity index is 827. The summed E-state index contributed by atoms with van der Waals surface area (Å²) in [6, 6.07) is 14.6. The fraction of sp³-hybridized carbons (Fsp3) is 0.125. The molecule has 0 bridgehead atoms. The van der Waals surface area contributed by atoms with Gasteiger partial charge in [-0.2, -0.15) is 0 Å². The van der Waals surface area contributed by atoms with Crippen molar-refractivity contribution in [3.05, 3.63) is 65.2 Å². The Hall–Kier alpha value is -2.82. The summed E-state index contributed by atoms with van der Waals surface area (Å²) in [4.78, 5) is 16.5. The molecule has 2 aromatic carbocycles. The number of benzene rings is 2. The summed E-state index contributed by atoms with van der Waals surface area (Å²) >= 11 is 0. The Kier molecular flexibility index (Phi) is 3.55. The standard InChI is InChI=1S/C16H15N3O2/c17-13-6-2-4-8-15(13)21-10-9-19-11-18-14-7-3-1-5-12(14)16(19)20/h1-8,11H,9-10,17H2. The van der Waals surface area contributed by atoms with Gasteiger partial charge in [0.2, 0.25) is 0 Å². The molecule has 0 saturated heterocycles. The third-order valence-electron chi connectivity index (χ3n) is 3.24. The predicted octanol–water partition coefficient (Wildman–Crippen LogP) is 2.06. The highest BCUT2D eigenvalue weighted by Crippen LogP contribution is 2.19. The van der Waals surface area contributed by atoms with Gasteiger partial charge in [-0.3, -0.25) is 9.36 Å². The zero-order valence-corrected chi connectivity index (χ0v) is 11.4. The first-order chi connectivity index (χ1) is 10.3. The maximum atomic E-state index is 12.3. The molecule has 0 spiro atoms. The number of nitrogen functional groups attached to an aromatic ring is 1. The van der Waals surface area contributed by atoms with Gasteiger partial charge in [-0.25, -0.2) is 4.98 Å². The van der Waals surface area contributed by atoms with Crippen molar-refractivity contribution in [2.45, 2.75) is 6.54 Å².